The molecule has 0 aliphatic rings. The Labute approximate surface area is 449 Å². The Morgan fingerprint density at radius 2 is 0.948 bits per heavy atom. The Hall–Kier alpha value is -7.87. The number of hydrogen-bond donors (Lipinski definition) is 17. The lowest BCUT2D eigenvalue weighted by Crippen LogP contribution is -2.61. The lowest BCUT2D eigenvalue weighted by molar-refractivity contribution is -0.142. The van der Waals surface area contributed by atoms with Gasteiger partial charge in [-0.2, -0.15) is 0 Å². The van der Waals surface area contributed by atoms with E-state index < -0.39 is 115 Å². The van der Waals surface area contributed by atoms with Crippen LogP contribution in [0.1, 0.15) is 90.2 Å². The summed E-state index contributed by atoms with van der Waals surface area (Å²) < 4.78 is 0. The second kappa shape index (κ2) is 35.4. The van der Waals surface area contributed by atoms with Gasteiger partial charge in [-0.05, 0) is 80.9 Å². The van der Waals surface area contributed by atoms with E-state index in [-0.39, 0.29) is 69.3 Å². The first-order chi connectivity index (χ1) is 36.5. The van der Waals surface area contributed by atoms with Crippen molar-refractivity contribution in [3.63, 3.8) is 0 Å². The van der Waals surface area contributed by atoms with Crippen LogP contribution in [0.3, 0.4) is 0 Å². The fraction of sp³-hybridized carbons (Fsp3) is 0.549. The van der Waals surface area contributed by atoms with Crippen molar-refractivity contribution in [3.05, 3.63) is 71.8 Å². The zero-order chi connectivity index (χ0) is 57.5. The van der Waals surface area contributed by atoms with Crippen molar-refractivity contribution < 1.29 is 48.3 Å². The largest absolute Gasteiger partial charge is 0.480 e. The highest BCUT2D eigenvalue weighted by atomic mass is 16.4. The molecule has 0 spiro atoms. The summed E-state index contributed by atoms with van der Waals surface area (Å²) in [5.41, 5.74) is 23.5. The predicted octanol–water partition coefficient (Wildman–Crippen LogP) is -2.62. The minimum atomic E-state index is -1.33. The Morgan fingerprint density at radius 3 is 1.44 bits per heavy atom. The third-order valence-electron chi connectivity index (χ3n) is 11.8. The van der Waals surface area contributed by atoms with Crippen LogP contribution in [-0.2, 0) is 56.0 Å². The van der Waals surface area contributed by atoms with E-state index in [1.54, 1.807) is 74.5 Å². The second-order valence-corrected chi connectivity index (χ2v) is 19.3. The Bertz CT molecular complexity index is 2260. The highest BCUT2D eigenvalue weighted by Crippen LogP contribution is 2.12. The molecular formula is C51H82N16O10. The Balaban J connectivity index is 2.32. The third kappa shape index (κ3) is 27.0. The quantitative estimate of drug-likeness (QED) is 0.0189. The molecule has 0 aliphatic heterocycles. The Kier molecular flexibility index (Phi) is 30.0. The molecule has 2 aromatic carbocycles. The van der Waals surface area contributed by atoms with Gasteiger partial charge >= 0.3 is 5.97 Å². The van der Waals surface area contributed by atoms with Crippen molar-refractivity contribution in [1.82, 2.24) is 53.2 Å². The minimum absolute atomic E-state index is 0.00239. The summed E-state index contributed by atoms with van der Waals surface area (Å²) in [6.07, 6.45) is 2.03. The number of rotatable bonds is 36. The molecule has 26 heteroatoms. The number of carboxylic acid groups (broad SMARTS) is 1. The van der Waals surface area contributed by atoms with Gasteiger partial charge in [-0.15, -0.1) is 0 Å². The number of amides is 8. The van der Waals surface area contributed by atoms with Crippen LogP contribution in [-0.4, -0.2) is 145 Å². The molecule has 26 nitrogen and oxygen atoms in total. The number of hydrogen-bond acceptors (Lipinski definition) is 13. The average molecular weight is 1080 g/mol. The lowest BCUT2D eigenvalue weighted by atomic mass is 9.98. The summed E-state index contributed by atoms with van der Waals surface area (Å²) in [7, 11) is 0. The number of benzene rings is 2. The van der Waals surface area contributed by atoms with E-state index in [1.807, 2.05) is 13.8 Å². The van der Waals surface area contributed by atoms with Gasteiger partial charge in [-0.25, -0.2) is 4.79 Å². The van der Waals surface area contributed by atoms with Gasteiger partial charge in [0.1, 0.15) is 36.3 Å². The Morgan fingerprint density at radius 1 is 0.506 bits per heavy atom. The fourth-order valence-electron chi connectivity index (χ4n) is 7.72. The monoisotopic (exact) mass is 1080 g/mol. The molecule has 426 valence electrons. The molecule has 2 rings (SSSR count). The van der Waals surface area contributed by atoms with Crippen LogP contribution in [0.25, 0.3) is 0 Å². The molecule has 0 bridgehead atoms. The van der Waals surface area contributed by atoms with Crippen LogP contribution in [0.4, 0.5) is 0 Å². The minimum Gasteiger partial charge on any atom is -0.480 e. The van der Waals surface area contributed by atoms with E-state index in [4.69, 9.17) is 33.8 Å². The first kappa shape index (κ1) is 65.2. The number of aliphatic carboxylic acids is 1. The van der Waals surface area contributed by atoms with Gasteiger partial charge in [0, 0.05) is 25.9 Å². The number of carbonyl (C=O) groups excluding carboxylic acids is 8. The molecule has 0 saturated heterocycles. The summed E-state index contributed by atoms with van der Waals surface area (Å²) in [4.78, 5) is 121. The first-order valence-electron chi connectivity index (χ1n) is 25.8. The van der Waals surface area contributed by atoms with Gasteiger partial charge in [0.25, 0.3) is 0 Å². The zero-order valence-corrected chi connectivity index (χ0v) is 44.5. The molecule has 0 radical (unpaired) electrons. The molecule has 8 amide bonds. The van der Waals surface area contributed by atoms with Crippen molar-refractivity contribution in [2.75, 3.05) is 32.7 Å². The SMILES string of the molecule is CC(C)C[C@H](NC(=O)[C@H](CCCCN)NC(=O)CNC(=O)[C@@H](N)CCCNC(=N)N)C(=O)N[C@H](C(=O)N[C@@H](Cc1ccccc1)C(=O)N[C@@H](Cc1ccccc1)C(=O)NCC(=O)N[C@@H](CCCNC(=N)N)C(=O)O)C(C)C. The smallest absolute Gasteiger partial charge is 0.326 e. The molecule has 7 atom stereocenters. The van der Waals surface area contributed by atoms with Crippen molar-refractivity contribution in [2.24, 2.45) is 34.8 Å². The van der Waals surface area contributed by atoms with E-state index >= 15 is 0 Å². The summed E-state index contributed by atoms with van der Waals surface area (Å²) in [6.45, 7) is 6.70. The predicted molar refractivity (Wildman–Crippen MR) is 289 cm³/mol. The van der Waals surface area contributed by atoms with Crippen LogP contribution >= 0.6 is 0 Å². The maximum Gasteiger partial charge on any atom is 0.326 e. The zero-order valence-electron chi connectivity index (χ0n) is 44.5. The molecule has 0 fully saturated rings. The van der Waals surface area contributed by atoms with E-state index in [0.29, 0.717) is 43.5 Å². The summed E-state index contributed by atoms with van der Waals surface area (Å²) in [5.74, 6) is -8.40. The number of carboxylic acids is 1. The van der Waals surface area contributed by atoms with Gasteiger partial charge < -0.3 is 81.2 Å². The number of carbonyl (C=O) groups is 9. The van der Waals surface area contributed by atoms with Crippen molar-refractivity contribution >= 4 is 65.1 Å². The fourth-order valence-corrected chi connectivity index (χ4v) is 7.72. The first-order valence-corrected chi connectivity index (χ1v) is 25.8. The maximum atomic E-state index is 14.4. The van der Waals surface area contributed by atoms with E-state index in [9.17, 15) is 48.3 Å². The van der Waals surface area contributed by atoms with Gasteiger partial charge in [0.05, 0.1) is 19.1 Å². The van der Waals surface area contributed by atoms with Crippen molar-refractivity contribution in [2.45, 2.75) is 134 Å². The second-order valence-electron chi connectivity index (χ2n) is 19.3. The van der Waals surface area contributed by atoms with Crippen LogP contribution in [0, 0.1) is 22.7 Å². The number of nitrogens with two attached hydrogens (primary N) is 4. The standard InChI is InChI=1S/C51H82N16O10/c1-30(2)25-37(64-45(72)35(20-11-12-22-52)62-40(68)28-60-43(70)34(53)19-13-23-58-50(54)55)47(74)67-42(31(3)4)48(75)66-39(27-33-17-9-6-10-18-33)46(73)65-38(26-32-15-7-5-8-16-32)44(71)61-29-41(69)63-36(49(76)77)21-14-24-59-51(56)57/h5-10,15-18,30-31,34-39,42H,11-14,19-29,52-53H2,1-4H3,(H,60,70)(H,61,71)(H,62,68)(H,63,69)(H,64,72)(H,65,73)(H,66,75)(H,67,74)(H,76,77)(H4,54,55,58)(H4,56,57,59)/t34-,35-,36-,37-,38-,39-,42-/m0/s1. The molecule has 21 N–H and O–H groups in total. The van der Waals surface area contributed by atoms with E-state index in [1.165, 1.54) is 0 Å². The lowest BCUT2D eigenvalue weighted by Gasteiger charge is -2.29. The van der Waals surface area contributed by atoms with Crippen LogP contribution < -0.4 is 76.1 Å². The van der Waals surface area contributed by atoms with Gasteiger partial charge in [-0.1, -0.05) is 88.4 Å². The van der Waals surface area contributed by atoms with Gasteiger partial charge in [0.15, 0.2) is 11.9 Å². The number of guanidine groups is 2. The molecule has 2 aromatic rings. The molecule has 0 aliphatic carbocycles. The van der Waals surface area contributed by atoms with Crippen LogP contribution in [0.2, 0.25) is 0 Å². The van der Waals surface area contributed by atoms with Crippen LogP contribution in [0.5, 0.6) is 0 Å². The van der Waals surface area contributed by atoms with E-state index in [2.05, 4.69) is 53.2 Å². The highest BCUT2D eigenvalue weighted by molar-refractivity contribution is 5.97. The molecule has 0 heterocycles. The van der Waals surface area contributed by atoms with Crippen molar-refractivity contribution in [3.8, 4) is 0 Å². The van der Waals surface area contributed by atoms with E-state index in [0.717, 1.165) is 0 Å². The van der Waals surface area contributed by atoms with Gasteiger partial charge in [0.2, 0.25) is 47.3 Å². The van der Waals surface area contributed by atoms with Crippen LogP contribution in [0.15, 0.2) is 60.7 Å². The highest BCUT2D eigenvalue weighted by Gasteiger charge is 2.35. The molecule has 0 unspecified atom stereocenters. The molecule has 0 aromatic heterocycles. The number of unbranched alkanes of at least 4 members (excludes halogenated alkanes) is 1. The summed E-state index contributed by atoms with van der Waals surface area (Å²) in [5, 5.41) is 50.2. The maximum absolute atomic E-state index is 14.4. The van der Waals surface area contributed by atoms with Gasteiger partial charge in [-0.3, -0.25) is 49.2 Å². The van der Waals surface area contributed by atoms with Crippen molar-refractivity contribution in [1.29, 1.82) is 10.8 Å². The third-order valence-corrected chi connectivity index (χ3v) is 11.8. The topological polar surface area (TPSA) is 446 Å². The average Bonchev–Trinajstić information content (AvgIpc) is 3.37. The normalized spacial score (nSPS) is 13.7. The number of nitrogens with one attached hydrogen (secondary N) is 12. The molecule has 0 saturated carbocycles. The summed E-state index contributed by atoms with van der Waals surface area (Å²) in [6, 6.07) is 8.91. The molecular weight excluding hydrogens is 997 g/mol. The summed E-state index contributed by atoms with van der Waals surface area (Å²) >= 11 is 0. The molecule has 77 heavy (non-hydrogen) atoms.